The fraction of sp³-hybridized carbons (Fsp3) is 0.303. The van der Waals surface area contributed by atoms with Gasteiger partial charge in [0.05, 0.1) is 5.70 Å². The van der Waals surface area contributed by atoms with Crippen LogP contribution < -0.4 is 10.1 Å². The van der Waals surface area contributed by atoms with Gasteiger partial charge < -0.3 is 19.7 Å². The number of hydrogen-bond acceptors (Lipinski definition) is 7. The molecule has 2 atom stereocenters. The van der Waals surface area contributed by atoms with E-state index in [2.05, 4.69) is 10.2 Å². The Kier molecular flexibility index (Phi) is 8.46. The second-order valence-corrected chi connectivity index (χ2v) is 11.6. The number of nitrogens with one attached hydrogen (secondary N) is 1. The van der Waals surface area contributed by atoms with Crippen LogP contribution in [0.4, 0.5) is 0 Å². The van der Waals surface area contributed by atoms with E-state index in [9.17, 15) is 14.4 Å². The van der Waals surface area contributed by atoms with Gasteiger partial charge in [0.15, 0.2) is 18.4 Å². The third-order valence-electron chi connectivity index (χ3n) is 7.74. The summed E-state index contributed by atoms with van der Waals surface area (Å²) in [5.41, 5.74) is 2.80. The van der Waals surface area contributed by atoms with Crippen LogP contribution >= 0.6 is 11.8 Å². The Morgan fingerprint density at radius 3 is 2.07 bits per heavy atom. The van der Waals surface area contributed by atoms with Crippen LogP contribution in [0.1, 0.15) is 36.5 Å². The molecule has 0 spiro atoms. The number of fused-ring (bicyclic) bond motifs is 1. The third-order valence-corrected chi connectivity index (χ3v) is 9.00. The number of hydrogen-bond donors (Lipinski definition) is 1. The Hall–Kier alpha value is -4.24. The molecule has 3 aliphatic heterocycles. The molecule has 3 aliphatic rings. The monoisotopic (exact) mass is 583 g/mol. The van der Waals surface area contributed by atoms with Crippen molar-refractivity contribution in [1.82, 2.24) is 15.1 Å². The number of esters is 1. The second-order valence-electron chi connectivity index (χ2n) is 10.5. The van der Waals surface area contributed by atoms with E-state index in [0.717, 1.165) is 49.2 Å². The Morgan fingerprint density at radius 2 is 1.45 bits per heavy atom. The van der Waals surface area contributed by atoms with E-state index in [0.29, 0.717) is 11.5 Å². The molecule has 2 saturated heterocycles. The normalized spacial score (nSPS) is 20.1. The fourth-order valence-corrected chi connectivity index (χ4v) is 7.01. The lowest BCUT2D eigenvalue weighted by Crippen LogP contribution is -2.71. The molecule has 8 nitrogen and oxygen atoms in total. The van der Waals surface area contributed by atoms with Crippen molar-refractivity contribution in [3.05, 3.63) is 114 Å². The third kappa shape index (κ3) is 5.87. The minimum absolute atomic E-state index is 0.204. The van der Waals surface area contributed by atoms with Gasteiger partial charge in [0, 0.05) is 18.8 Å². The number of benzene rings is 3. The lowest BCUT2D eigenvalue weighted by Gasteiger charge is -2.51. The molecule has 0 unspecified atom stereocenters. The standard InChI is InChI=1S/C33H33N3O5S/c37-27(21-40-25-17-9-3-10-18-25)34-28-31(38)36-29(26(22-42-32(28)36)35-19-11-4-12-20-35)33(39)41-30(23-13-5-1-6-14-23)24-15-7-2-8-16-24/h1-3,5-10,13-18,28,30,32H,4,11-12,19-22H2,(H,34,37)/t28-,32-/m1/s1. The predicted molar refractivity (Wildman–Crippen MR) is 160 cm³/mol. The van der Waals surface area contributed by atoms with Gasteiger partial charge in [-0.2, -0.15) is 0 Å². The van der Waals surface area contributed by atoms with E-state index in [1.807, 2.05) is 78.9 Å². The minimum atomic E-state index is -0.744. The highest BCUT2D eigenvalue weighted by atomic mass is 32.2. The smallest absolute Gasteiger partial charge is 0.357 e. The average Bonchev–Trinajstić information content (AvgIpc) is 3.06. The van der Waals surface area contributed by atoms with Crippen molar-refractivity contribution in [3.63, 3.8) is 0 Å². The Labute approximate surface area is 249 Å². The van der Waals surface area contributed by atoms with E-state index in [-0.39, 0.29) is 24.1 Å². The maximum atomic E-state index is 14.1. The number of amides is 2. The van der Waals surface area contributed by atoms with Crippen molar-refractivity contribution in [3.8, 4) is 5.75 Å². The highest BCUT2D eigenvalue weighted by molar-refractivity contribution is 8.00. The zero-order chi connectivity index (χ0) is 28.9. The van der Waals surface area contributed by atoms with Gasteiger partial charge in [0.25, 0.3) is 11.8 Å². The lowest BCUT2D eigenvalue weighted by atomic mass is 10.0. The molecule has 42 heavy (non-hydrogen) atoms. The largest absolute Gasteiger partial charge is 0.484 e. The van der Waals surface area contributed by atoms with Crippen molar-refractivity contribution in [2.45, 2.75) is 36.8 Å². The van der Waals surface area contributed by atoms with Crippen molar-refractivity contribution < 1.29 is 23.9 Å². The predicted octanol–water partition coefficient (Wildman–Crippen LogP) is 4.50. The summed E-state index contributed by atoms with van der Waals surface area (Å²) in [6, 6.07) is 27.5. The molecular weight excluding hydrogens is 550 g/mol. The number of thioether (sulfide) groups is 1. The first kappa shape index (κ1) is 27.9. The summed E-state index contributed by atoms with van der Waals surface area (Å²) >= 11 is 1.56. The van der Waals surface area contributed by atoms with E-state index < -0.39 is 23.5 Å². The number of carbonyl (C=O) groups excluding carboxylic acids is 3. The number of carbonyl (C=O) groups is 3. The summed E-state index contributed by atoms with van der Waals surface area (Å²) in [5.74, 6) is -0.123. The first-order chi connectivity index (χ1) is 20.6. The molecule has 0 aliphatic carbocycles. The number of nitrogens with zero attached hydrogens (tertiary/aromatic N) is 2. The molecule has 6 rings (SSSR count). The van der Waals surface area contributed by atoms with Crippen LogP contribution in [-0.4, -0.2) is 64.4 Å². The summed E-state index contributed by atoms with van der Waals surface area (Å²) in [5, 5.41) is 2.42. The van der Waals surface area contributed by atoms with Crippen LogP contribution in [0.3, 0.4) is 0 Å². The number of β-lactam (4-membered cyclic amide) rings is 1. The van der Waals surface area contributed by atoms with Gasteiger partial charge in [-0.05, 0) is 42.5 Å². The maximum Gasteiger partial charge on any atom is 0.357 e. The van der Waals surface area contributed by atoms with Gasteiger partial charge in [-0.15, -0.1) is 11.8 Å². The molecule has 1 N–H and O–H groups in total. The van der Waals surface area contributed by atoms with Gasteiger partial charge in [0.2, 0.25) is 0 Å². The number of ether oxygens (including phenoxy) is 2. The molecule has 2 amide bonds. The molecular formula is C33H33N3O5S. The number of para-hydroxylation sites is 1. The summed E-state index contributed by atoms with van der Waals surface area (Å²) in [7, 11) is 0. The summed E-state index contributed by atoms with van der Waals surface area (Å²) < 4.78 is 11.8. The van der Waals surface area contributed by atoms with Crippen LogP contribution in [-0.2, 0) is 19.1 Å². The van der Waals surface area contributed by atoms with Crippen molar-refractivity contribution in [2.75, 3.05) is 25.4 Å². The van der Waals surface area contributed by atoms with Crippen LogP contribution in [0.5, 0.6) is 5.75 Å². The SMILES string of the molecule is O=C(COc1ccccc1)N[C@@H]1C(=O)N2C(C(=O)OC(c3ccccc3)c3ccccc3)=C(N3CCCCC3)CS[C@H]12. The van der Waals surface area contributed by atoms with Gasteiger partial charge in [-0.3, -0.25) is 14.5 Å². The number of likely N-dealkylation sites (tertiary alicyclic amines) is 1. The molecule has 3 aromatic carbocycles. The van der Waals surface area contributed by atoms with Crippen LogP contribution in [0.25, 0.3) is 0 Å². The highest BCUT2D eigenvalue weighted by Crippen LogP contribution is 2.43. The summed E-state index contributed by atoms with van der Waals surface area (Å²) in [6.45, 7) is 1.46. The van der Waals surface area contributed by atoms with E-state index in [1.165, 1.54) is 4.90 Å². The van der Waals surface area contributed by atoms with Gasteiger partial charge in [-0.1, -0.05) is 78.9 Å². The van der Waals surface area contributed by atoms with Crippen molar-refractivity contribution in [1.29, 1.82) is 0 Å². The number of piperidine rings is 1. The minimum Gasteiger partial charge on any atom is -0.484 e. The summed E-state index contributed by atoms with van der Waals surface area (Å²) in [4.78, 5) is 44.1. The quantitative estimate of drug-likeness (QED) is 0.293. The Balaban J connectivity index is 1.24. The molecule has 2 fully saturated rings. The fourth-order valence-electron chi connectivity index (χ4n) is 5.63. The second kappa shape index (κ2) is 12.7. The number of rotatable bonds is 9. The topological polar surface area (TPSA) is 88.2 Å². The first-order valence-electron chi connectivity index (χ1n) is 14.3. The van der Waals surface area contributed by atoms with E-state index >= 15 is 0 Å². The molecule has 3 aromatic rings. The molecule has 0 radical (unpaired) electrons. The first-order valence-corrected chi connectivity index (χ1v) is 15.4. The Bertz CT molecular complexity index is 1400. The zero-order valence-corrected chi connectivity index (χ0v) is 24.0. The molecule has 0 saturated carbocycles. The molecule has 216 valence electrons. The van der Waals surface area contributed by atoms with E-state index in [1.54, 1.807) is 23.9 Å². The van der Waals surface area contributed by atoms with E-state index in [4.69, 9.17) is 9.47 Å². The molecule has 9 heteroatoms. The lowest BCUT2D eigenvalue weighted by molar-refractivity contribution is -0.155. The molecule has 0 bridgehead atoms. The van der Waals surface area contributed by atoms with Gasteiger partial charge in [-0.25, -0.2) is 4.79 Å². The van der Waals surface area contributed by atoms with Crippen molar-refractivity contribution in [2.24, 2.45) is 0 Å². The van der Waals surface area contributed by atoms with Gasteiger partial charge >= 0.3 is 5.97 Å². The zero-order valence-electron chi connectivity index (χ0n) is 23.2. The van der Waals surface area contributed by atoms with Crippen LogP contribution in [0.2, 0.25) is 0 Å². The maximum absolute atomic E-state index is 14.1. The summed E-state index contributed by atoms with van der Waals surface area (Å²) in [6.07, 6.45) is 2.57. The molecule has 3 heterocycles. The highest BCUT2D eigenvalue weighted by Gasteiger charge is 2.55. The van der Waals surface area contributed by atoms with Crippen molar-refractivity contribution >= 4 is 29.5 Å². The van der Waals surface area contributed by atoms with Crippen LogP contribution in [0.15, 0.2) is 102 Å². The molecule has 0 aromatic heterocycles. The van der Waals surface area contributed by atoms with Gasteiger partial charge in [0.1, 0.15) is 17.2 Å². The average molecular weight is 584 g/mol. The van der Waals surface area contributed by atoms with Crippen LogP contribution in [0, 0.1) is 0 Å². The Morgan fingerprint density at radius 1 is 0.857 bits per heavy atom.